The average Bonchev–Trinajstić information content (AvgIpc) is 3.00. The molecule has 3 rings (SSSR count). The number of thiazole rings is 1. The molecule has 0 aliphatic carbocycles. The van der Waals surface area contributed by atoms with Gasteiger partial charge in [-0.25, -0.2) is 18.1 Å². The predicted octanol–water partition coefficient (Wildman–Crippen LogP) is 2.76. The molecular formula is C18H19N3O3S2. The predicted molar refractivity (Wildman–Crippen MR) is 103 cm³/mol. The lowest BCUT2D eigenvalue weighted by atomic mass is 10.1. The number of rotatable bonds is 6. The molecule has 0 radical (unpaired) electrons. The molecule has 1 heterocycles. The van der Waals surface area contributed by atoms with Crippen molar-refractivity contribution in [2.45, 2.75) is 24.8 Å². The Hall–Kier alpha value is -2.29. The first-order chi connectivity index (χ1) is 12.3. The normalized spacial score (nSPS) is 12.8. The van der Waals surface area contributed by atoms with Crippen LogP contribution in [0.4, 0.5) is 0 Å². The summed E-state index contributed by atoms with van der Waals surface area (Å²) in [5.41, 5.74) is 1.72. The van der Waals surface area contributed by atoms with E-state index >= 15 is 0 Å². The van der Waals surface area contributed by atoms with Crippen molar-refractivity contribution in [3.8, 4) is 0 Å². The maximum Gasteiger partial charge on any atom is 0.241 e. The van der Waals surface area contributed by atoms with Crippen molar-refractivity contribution >= 4 is 37.5 Å². The zero-order chi connectivity index (χ0) is 18.7. The second kappa shape index (κ2) is 7.53. The van der Waals surface area contributed by atoms with Crippen molar-refractivity contribution in [2.75, 3.05) is 6.54 Å². The molecule has 26 heavy (non-hydrogen) atoms. The maximum absolute atomic E-state index is 12.4. The van der Waals surface area contributed by atoms with Crippen molar-refractivity contribution in [3.05, 3.63) is 59.1 Å². The Morgan fingerprint density at radius 1 is 1.19 bits per heavy atom. The van der Waals surface area contributed by atoms with E-state index in [0.717, 1.165) is 20.8 Å². The molecule has 2 N–H and O–H groups in total. The Morgan fingerprint density at radius 2 is 1.92 bits per heavy atom. The van der Waals surface area contributed by atoms with Gasteiger partial charge in [-0.15, -0.1) is 11.3 Å². The van der Waals surface area contributed by atoms with Crippen molar-refractivity contribution in [2.24, 2.45) is 0 Å². The number of nitrogens with zero attached hydrogens (tertiary/aromatic N) is 1. The number of fused-ring (bicyclic) bond motifs is 1. The number of hydrogen-bond acceptors (Lipinski definition) is 5. The number of carbonyl (C=O) groups excluding carboxylic acids is 1. The van der Waals surface area contributed by atoms with E-state index in [1.807, 2.05) is 44.2 Å². The van der Waals surface area contributed by atoms with Gasteiger partial charge in [-0.1, -0.05) is 30.3 Å². The molecule has 3 aromatic rings. The molecule has 6 nitrogen and oxygen atoms in total. The first-order valence-corrected chi connectivity index (χ1v) is 10.4. The summed E-state index contributed by atoms with van der Waals surface area (Å²) in [5.74, 6) is -0.389. The number of nitrogens with one attached hydrogen (secondary N) is 2. The van der Waals surface area contributed by atoms with E-state index in [1.165, 1.54) is 17.4 Å². The Kier molecular flexibility index (Phi) is 5.36. The van der Waals surface area contributed by atoms with Gasteiger partial charge in [-0.3, -0.25) is 4.79 Å². The number of benzene rings is 2. The van der Waals surface area contributed by atoms with Crippen molar-refractivity contribution in [1.82, 2.24) is 15.0 Å². The van der Waals surface area contributed by atoms with Crippen LogP contribution in [0.1, 0.15) is 23.5 Å². The first-order valence-electron chi connectivity index (χ1n) is 8.06. The summed E-state index contributed by atoms with van der Waals surface area (Å²) in [6, 6.07) is 14.0. The Labute approximate surface area is 156 Å². The Balaban J connectivity index is 1.64. The largest absolute Gasteiger partial charge is 0.348 e. The summed E-state index contributed by atoms with van der Waals surface area (Å²) in [5, 5.41) is 3.65. The third-order valence-electron chi connectivity index (χ3n) is 3.88. The van der Waals surface area contributed by atoms with Crippen molar-refractivity contribution in [3.63, 3.8) is 0 Å². The van der Waals surface area contributed by atoms with E-state index in [-0.39, 0.29) is 23.4 Å². The van der Waals surface area contributed by atoms with Crippen LogP contribution in [0.15, 0.2) is 53.4 Å². The average molecular weight is 390 g/mol. The van der Waals surface area contributed by atoms with Crippen LogP contribution in [-0.2, 0) is 14.8 Å². The molecule has 8 heteroatoms. The second-order valence-electron chi connectivity index (χ2n) is 5.89. The van der Waals surface area contributed by atoms with Gasteiger partial charge >= 0.3 is 0 Å². The molecule has 2 aromatic carbocycles. The fourth-order valence-corrected chi connectivity index (χ4v) is 4.50. The molecule has 1 amide bonds. The highest BCUT2D eigenvalue weighted by Gasteiger charge is 2.18. The van der Waals surface area contributed by atoms with Gasteiger partial charge in [0, 0.05) is 0 Å². The van der Waals surface area contributed by atoms with Gasteiger partial charge in [0.15, 0.2) is 0 Å². The van der Waals surface area contributed by atoms with Crippen LogP contribution < -0.4 is 10.0 Å². The molecule has 0 aliphatic heterocycles. The van der Waals surface area contributed by atoms with Gasteiger partial charge in [0.1, 0.15) is 0 Å². The summed E-state index contributed by atoms with van der Waals surface area (Å²) in [4.78, 5) is 16.5. The van der Waals surface area contributed by atoms with Gasteiger partial charge < -0.3 is 5.32 Å². The lowest BCUT2D eigenvalue weighted by molar-refractivity contribution is -0.120. The molecule has 1 atom stereocenters. The molecule has 0 saturated heterocycles. The zero-order valence-corrected chi connectivity index (χ0v) is 16.0. The van der Waals surface area contributed by atoms with Gasteiger partial charge in [0.25, 0.3) is 0 Å². The molecule has 0 fully saturated rings. The van der Waals surface area contributed by atoms with Crippen molar-refractivity contribution in [1.29, 1.82) is 0 Å². The number of hydrogen-bond donors (Lipinski definition) is 2. The minimum atomic E-state index is -3.77. The highest BCUT2D eigenvalue weighted by molar-refractivity contribution is 7.89. The topological polar surface area (TPSA) is 88.2 Å². The van der Waals surface area contributed by atoms with Crippen LogP contribution in [0.3, 0.4) is 0 Å². The van der Waals surface area contributed by atoms with Crippen LogP contribution in [0.2, 0.25) is 0 Å². The van der Waals surface area contributed by atoms with E-state index in [9.17, 15) is 13.2 Å². The molecule has 0 saturated carbocycles. The lowest BCUT2D eigenvalue weighted by Gasteiger charge is -2.14. The zero-order valence-electron chi connectivity index (χ0n) is 14.4. The van der Waals surface area contributed by atoms with E-state index < -0.39 is 10.0 Å². The third kappa shape index (κ3) is 4.27. The quantitative estimate of drug-likeness (QED) is 0.678. The van der Waals surface area contributed by atoms with Crippen LogP contribution in [0.25, 0.3) is 10.2 Å². The summed E-state index contributed by atoms with van der Waals surface area (Å²) >= 11 is 1.43. The fraction of sp³-hybridized carbons (Fsp3) is 0.222. The third-order valence-corrected chi connectivity index (χ3v) is 6.21. The maximum atomic E-state index is 12.4. The first kappa shape index (κ1) is 18.5. The number of aryl methyl sites for hydroxylation is 1. The number of amides is 1. The summed E-state index contributed by atoms with van der Waals surface area (Å²) < 4.78 is 28.0. The Morgan fingerprint density at radius 3 is 2.65 bits per heavy atom. The fourth-order valence-electron chi connectivity index (χ4n) is 2.55. The van der Waals surface area contributed by atoms with E-state index in [1.54, 1.807) is 12.1 Å². The van der Waals surface area contributed by atoms with Gasteiger partial charge in [-0.05, 0) is 37.6 Å². The minimum Gasteiger partial charge on any atom is -0.348 e. The smallest absolute Gasteiger partial charge is 0.241 e. The monoisotopic (exact) mass is 389 g/mol. The molecule has 0 aliphatic rings. The summed E-state index contributed by atoms with van der Waals surface area (Å²) in [7, 11) is -3.77. The molecular weight excluding hydrogens is 370 g/mol. The Bertz CT molecular complexity index is 1030. The molecule has 0 unspecified atom stereocenters. The van der Waals surface area contributed by atoms with Crippen LogP contribution in [0.5, 0.6) is 0 Å². The van der Waals surface area contributed by atoms with Crippen LogP contribution in [-0.4, -0.2) is 25.9 Å². The summed E-state index contributed by atoms with van der Waals surface area (Å²) in [6.45, 7) is 3.40. The summed E-state index contributed by atoms with van der Waals surface area (Å²) in [6.07, 6.45) is 0. The molecule has 1 aromatic heterocycles. The van der Waals surface area contributed by atoms with Crippen LogP contribution in [0, 0.1) is 6.92 Å². The lowest BCUT2D eigenvalue weighted by Crippen LogP contribution is -2.38. The van der Waals surface area contributed by atoms with Gasteiger partial charge in [-0.2, -0.15) is 0 Å². The molecule has 0 spiro atoms. The van der Waals surface area contributed by atoms with E-state index in [2.05, 4.69) is 15.0 Å². The van der Waals surface area contributed by atoms with Gasteiger partial charge in [0.05, 0.1) is 32.7 Å². The van der Waals surface area contributed by atoms with Crippen molar-refractivity contribution < 1.29 is 13.2 Å². The highest BCUT2D eigenvalue weighted by atomic mass is 32.2. The van der Waals surface area contributed by atoms with E-state index in [4.69, 9.17) is 0 Å². The SMILES string of the molecule is Cc1nc2ccc(S(=O)(=O)NCC(=O)N[C@@H](C)c3ccccc3)cc2s1. The highest BCUT2D eigenvalue weighted by Crippen LogP contribution is 2.24. The minimum absolute atomic E-state index is 0.123. The second-order valence-corrected chi connectivity index (χ2v) is 8.89. The van der Waals surface area contributed by atoms with Gasteiger partial charge in [0.2, 0.25) is 15.9 Å². The van der Waals surface area contributed by atoms with Crippen LogP contribution >= 0.6 is 11.3 Å². The standard InChI is InChI=1S/C18H19N3O3S2/c1-12(14-6-4-3-5-7-14)20-18(22)11-19-26(23,24)15-8-9-16-17(10-15)25-13(2)21-16/h3-10,12,19H,11H2,1-2H3,(H,20,22)/t12-/m0/s1. The van der Waals surface area contributed by atoms with E-state index in [0.29, 0.717) is 0 Å². The molecule has 0 bridgehead atoms. The number of aromatic nitrogens is 1. The number of carbonyl (C=O) groups is 1. The number of sulfonamides is 1. The molecule has 136 valence electrons.